The second-order valence-electron chi connectivity index (χ2n) is 7.08. The molecule has 5 heteroatoms. The first-order chi connectivity index (χ1) is 14.6. The van der Waals surface area contributed by atoms with Gasteiger partial charge in [0.05, 0.1) is 6.04 Å². The van der Waals surface area contributed by atoms with Crippen LogP contribution in [0.5, 0.6) is 0 Å². The summed E-state index contributed by atoms with van der Waals surface area (Å²) in [4.78, 5) is 18.4. The highest BCUT2D eigenvalue weighted by molar-refractivity contribution is 7.16. The van der Waals surface area contributed by atoms with Crippen molar-refractivity contribution in [3.8, 4) is 0 Å². The first-order valence-electron chi connectivity index (χ1n) is 9.81. The van der Waals surface area contributed by atoms with Crippen molar-refractivity contribution in [1.29, 1.82) is 0 Å². The minimum absolute atomic E-state index is 0.109. The first kappa shape index (κ1) is 19.9. The number of para-hydroxylation sites is 1. The van der Waals surface area contributed by atoms with Crippen molar-refractivity contribution in [2.45, 2.75) is 19.9 Å². The van der Waals surface area contributed by atoms with Gasteiger partial charge >= 0.3 is 0 Å². The van der Waals surface area contributed by atoms with Gasteiger partial charge in [-0.15, -0.1) is 11.3 Å². The van der Waals surface area contributed by atoms with Gasteiger partial charge < -0.3 is 10.6 Å². The molecule has 0 aliphatic heterocycles. The number of nitrogens with zero attached hydrogens (tertiary/aromatic N) is 1. The Morgan fingerprint density at radius 1 is 0.933 bits per heavy atom. The zero-order valence-corrected chi connectivity index (χ0v) is 17.7. The second kappa shape index (κ2) is 8.93. The number of rotatable bonds is 6. The summed E-state index contributed by atoms with van der Waals surface area (Å²) in [5.74, 6) is -0.109. The minimum atomic E-state index is -0.142. The Morgan fingerprint density at radius 2 is 1.63 bits per heavy atom. The van der Waals surface area contributed by atoms with Gasteiger partial charge in [-0.2, -0.15) is 0 Å². The van der Waals surface area contributed by atoms with Crippen LogP contribution in [0, 0.1) is 13.8 Å². The average Bonchev–Trinajstić information content (AvgIpc) is 3.07. The van der Waals surface area contributed by atoms with Crippen LogP contribution < -0.4 is 10.6 Å². The van der Waals surface area contributed by atoms with E-state index in [-0.39, 0.29) is 11.9 Å². The molecule has 1 atom stereocenters. The summed E-state index contributed by atoms with van der Waals surface area (Å²) in [5, 5.41) is 7.64. The third-order valence-corrected chi connectivity index (χ3v) is 6.22. The number of amides is 1. The van der Waals surface area contributed by atoms with E-state index in [1.807, 2.05) is 72.9 Å². The van der Waals surface area contributed by atoms with Gasteiger partial charge in [-0.1, -0.05) is 42.5 Å². The molecule has 4 aromatic rings. The molecule has 2 aromatic carbocycles. The summed E-state index contributed by atoms with van der Waals surface area (Å²) in [7, 11) is 0. The molecule has 150 valence electrons. The van der Waals surface area contributed by atoms with Crippen molar-refractivity contribution in [2.75, 3.05) is 10.6 Å². The molecule has 0 aliphatic rings. The lowest BCUT2D eigenvalue weighted by molar-refractivity contribution is 0.102. The largest absolute Gasteiger partial charge is 0.374 e. The fourth-order valence-electron chi connectivity index (χ4n) is 3.42. The molecule has 30 heavy (non-hydrogen) atoms. The topological polar surface area (TPSA) is 54.0 Å². The van der Waals surface area contributed by atoms with Gasteiger partial charge in [0.2, 0.25) is 0 Å². The van der Waals surface area contributed by atoms with Gasteiger partial charge in [-0.05, 0) is 55.3 Å². The molecule has 1 amide bonds. The molecule has 2 heterocycles. The number of carbonyl (C=O) groups excluding carboxylic acids is 1. The maximum Gasteiger partial charge on any atom is 0.256 e. The minimum Gasteiger partial charge on any atom is -0.374 e. The fraction of sp³-hybridized carbons (Fsp3) is 0.120. The molecule has 0 unspecified atom stereocenters. The highest BCUT2D eigenvalue weighted by Crippen LogP contribution is 2.41. The zero-order chi connectivity index (χ0) is 20.9. The van der Waals surface area contributed by atoms with Crippen LogP contribution in [0.15, 0.2) is 85.2 Å². The van der Waals surface area contributed by atoms with E-state index < -0.39 is 0 Å². The third kappa shape index (κ3) is 4.26. The van der Waals surface area contributed by atoms with E-state index in [2.05, 4.69) is 35.5 Å². The summed E-state index contributed by atoms with van der Waals surface area (Å²) < 4.78 is 0. The summed E-state index contributed by atoms with van der Waals surface area (Å²) in [5.41, 5.74) is 4.92. The van der Waals surface area contributed by atoms with Crippen molar-refractivity contribution in [3.63, 3.8) is 0 Å². The number of aromatic nitrogens is 1. The van der Waals surface area contributed by atoms with Crippen molar-refractivity contribution in [2.24, 2.45) is 0 Å². The number of nitrogens with one attached hydrogen (secondary N) is 2. The number of thiophene rings is 1. The lowest BCUT2D eigenvalue weighted by Crippen LogP contribution is -2.17. The van der Waals surface area contributed by atoms with Gasteiger partial charge in [0.25, 0.3) is 5.91 Å². The lowest BCUT2D eigenvalue weighted by Gasteiger charge is -2.22. The lowest BCUT2D eigenvalue weighted by atomic mass is 9.97. The second-order valence-corrected chi connectivity index (χ2v) is 8.30. The van der Waals surface area contributed by atoms with E-state index in [0.29, 0.717) is 5.56 Å². The highest BCUT2D eigenvalue weighted by Gasteiger charge is 2.25. The molecule has 0 fully saturated rings. The van der Waals surface area contributed by atoms with Crippen LogP contribution in [0.25, 0.3) is 0 Å². The van der Waals surface area contributed by atoms with Gasteiger partial charge in [0.1, 0.15) is 5.00 Å². The maximum atomic E-state index is 12.9. The number of benzene rings is 2. The van der Waals surface area contributed by atoms with Gasteiger partial charge in [-0.3, -0.25) is 9.78 Å². The van der Waals surface area contributed by atoms with Crippen molar-refractivity contribution in [1.82, 2.24) is 4.98 Å². The Hall–Kier alpha value is -3.44. The Balaban J connectivity index is 1.76. The van der Waals surface area contributed by atoms with Crippen LogP contribution >= 0.6 is 11.3 Å². The summed E-state index contributed by atoms with van der Waals surface area (Å²) in [6, 6.07) is 23.2. The number of pyridine rings is 1. The van der Waals surface area contributed by atoms with Crippen LogP contribution in [0.4, 0.5) is 10.7 Å². The smallest absolute Gasteiger partial charge is 0.256 e. The Kier molecular flexibility index (Phi) is 5.91. The highest BCUT2D eigenvalue weighted by atomic mass is 32.1. The Morgan fingerprint density at radius 3 is 2.30 bits per heavy atom. The SMILES string of the molecule is Cc1sc(NC(=O)c2ccccc2)c([C@@H](Nc2ccccc2)c2cccnc2)c1C. The molecular weight excluding hydrogens is 390 g/mol. The van der Waals surface area contributed by atoms with Gasteiger partial charge in [0, 0.05) is 34.1 Å². The summed E-state index contributed by atoms with van der Waals surface area (Å²) >= 11 is 1.61. The molecule has 0 bridgehead atoms. The van der Waals surface area contributed by atoms with Crippen molar-refractivity contribution < 1.29 is 4.79 Å². The molecule has 2 aromatic heterocycles. The first-order valence-corrected chi connectivity index (χ1v) is 10.6. The van der Waals surface area contributed by atoms with Crippen LogP contribution in [-0.4, -0.2) is 10.9 Å². The van der Waals surface area contributed by atoms with Crippen LogP contribution in [-0.2, 0) is 0 Å². The monoisotopic (exact) mass is 413 g/mol. The fourth-order valence-corrected chi connectivity index (χ4v) is 4.51. The van der Waals surface area contributed by atoms with E-state index in [4.69, 9.17) is 0 Å². The Bertz CT molecular complexity index is 1130. The normalized spacial score (nSPS) is 11.7. The predicted molar refractivity (Wildman–Crippen MR) is 124 cm³/mol. The number of carbonyl (C=O) groups is 1. The van der Waals surface area contributed by atoms with Gasteiger partial charge in [0.15, 0.2) is 0 Å². The molecule has 4 nitrogen and oxygen atoms in total. The van der Waals surface area contributed by atoms with Crippen molar-refractivity contribution in [3.05, 3.63) is 112 Å². The number of aryl methyl sites for hydroxylation is 1. The molecule has 0 saturated carbocycles. The van der Waals surface area contributed by atoms with Crippen LogP contribution in [0.3, 0.4) is 0 Å². The van der Waals surface area contributed by atoms with Crippen molar-refractivity contribution >= 4 is 27.9 Å². The van der Waals surface area contributed by atoms with E-state index in [1.165, 1.54) is 10.4 Å². The summed E-state index contributed by atoms with van der Waals surface area (Å²) in [6.07, 6.45) is 3.64. The third-order valence-electron chi connectivity index (χ3n) is 5.09. The standard InChI is InChI=1S/C25H23N3OS/c1-17-18(2)30-25(28-24(29)19-10-5-3-6-11-19)22(17)23(20-12-9-15-26-16-20)27-21-13-7-4-8-14-21/h3-16,23,27H,1-2H3,(H,28,29)/t23-/m0/s1. The number of hydrogen-bond donors (Lipinski definition) is 2. The van der Waals surface area contributed by atoms with E-state index in [9.17, 15) is 4.79 Å². The van der Waals surface area contributed by atoms with E-state index in [0.717, 1.165) is 21.8 Å². The van der Waals surface area contributed by atoms with E-state index >= 15 is 0 Å². The Labute approximate surface area is 180 Å². The molecule has 0 radical (unpaired) electrons. The van der Waals surface area contributed by atoms with E-state index in [1.54, 1.807) is 17.5 Å². The van der Waals surface area contributed by atoms with Crippen LogP contribution in [0.1, 0.15) is 38.0 Å². The molecule has 2 N–H and O–H groups in total. The number of hydrogen-bond acceptors (Lipinski definition) is 4. The predicted octanol–water partition coefficient (Wildman–Crippen LogP) is 6.21. The van der Waals surface area contributed by atoms with Gasteiger partial charge in [-0.25, -0.2) is 0 Å². The average molecular weight is 414 g/mol. The number of anilines is 2. The zero-order valence-electron chi connectivity index (χ0n) is 16.9. The molecule has 4 rings (SSSR count). The molecular formula is C25H23N3OS. The quantitative estimate of drug-likeness (QED) is 0.395. The summed E-state index contributed by atoms with van der Waals surface area (Å²) in [6.45, 7) is 4.19. The van der Waals surface area contributed by atoms with Crippen LogP contribution in [0.2, 0.25) is 0 Å². The molecule has 0 saturated heterocycles. The molecule has 0 spiro atoms. The maximum absolute atomic E-state index is 12.9. The molecule has 0 aliphatic carbocycles.